The van der Waals surface area contributed by atoms with Gasteiger partial charge in [-0.25, -0.2) is 0 Å². The molecule has 0 unspecified atom stereocenters. The normalized spacial score (nSPS) is 14.6. The number of hydrogen-bond donors (Lipinski definition) is 0. The van der Waals surface area contributed by atoms with Gasteiger partial charge in [0.15, 0.2) is 0 Å². The molecule has 1 nitrogen and oxygen atoms in total. The summed E-state index contributed by atoms with van der Waals surface area (Å²) in [5, 5.41) is 1.35. The summed E-state index contributed by atoms with van der Waals surface area (Å²) in [4.78, 5) is 3.98. The van der Waals surface area contributed by atoms with Gasteiger partial charge < -0.3 is 4.90 Å². The third-order valence-corrected chi connectivity index (χ3v) is 17.8. The van der Waals surface area contributed by atoms with E-state index in [1.165, 1.54) is 121 Å². The van der Waals surface area contributed by atoms with Crippen LogP contribution in [0.3, 0.4) is 0 Å². The maximum atomic E-state index is 2.51. The van der Waals surface area contributed by atoms with Crippen molar-refractivity contribution in [3.05, 3.63) is 274 Å². The van der Waals surface area contributed by atoms with Crippen LogP contribution in [0.25, 0.3) is 82.9 Å². The molecule has 0 aliphatic heterocycles. The van der Waals surface area contributed by atoms with Crippen molar-refractivity contribution in [1.29, 1.82) is 0 Å². The number of thiophene rings is 1. The number of allylic oxidation sites excluding steroid dienone is 1. The van der Waals surface area contributed by atoms with E-state index in [-0.39, 0.29) is 5.41 Å². The monoisotopic (exact) mass is 935 g/mol. The Morgan fingerprint density at radius 1 is 0.375 bits per heavy atom. The first-order valence-corrected chi connectivity index (χ1v) is 26.3. The van der Waals surface area contributed by atoms with E-state index in [0.29, 0.717) is 0 Å². The SMILES string of the molecule is CC1(C)c2ccccc2-c2ccc(N(c3ccc(-c4ccccc4)cc3)c3ccc(-c4ccc5sc6c(c5c4)C=CCC6)c(-c4ccc5c(c4)-c4ccccc4C54c5ccccc5-c5ccccc54)c3)cc21. The van der Waals surface area contributed by atoms with Crippen LogP contribution < -0.4 is 4.90 Å². The Balaban J connectivity index is 0.960. The van der Waals surface area contributed by atoms with Crippen LogP contribution in [0.5, 0.6) is 0 Å². The highest BCUT2D eigenvalue weighted by Gasteiger charge is 2.51. The minimum atomic E-state index is -0.400. The second-order valence-corrected chi connectivity index (χ2v) is 21.8. The summed E-state index contributed by atoms with van der Waals surface area (Å²) in [5.74, 6) is 0. The third kappa shape index (κ3) is 5.88. The predicted molar refractivity (Wildman–Crippen MR) is 304 cm³/mol. The average Bonchev–Trinajstić information content (AvgIpc) is 4.14. The van der Waals surface area contributed by atoms with Gasteiger partial charge in [-0.1, -0.05) is 196 Å². The Morgan fingerprint density at radius 2 is 0.889 bits per heavy atom. The Bertz CT molecular complexity index is 4030. The zero-order chi connectivity index (χ0) is 47.7. The van der Waals surface area contributed by atoms with Gasteiger partial charge in [0.1, 0.15) is 0 Å². The number of nitrogens with zero attached hydrogens (tertiary/aromatic N) is 1. The van der Waals surface area contributed by atoms with Crippen molar-refractivity contribution in [3.8, 4) is 66.8 Å². The number of hydrogen-bond acceptors (Lipinski definition) is 2. The zero-order valence-electron chi connectivity index (χ0n) is 40.3. The first kappa shape index (κ1) is 41.5. The summed E-state index contributed by atoms with van der Waals surface area (Å²) in [6.07, 6.45) is 6.92. The average molecular weight is 936 g/mol. The van der Waals surface area contributed by atoms with E-state index in [4.69, 9.17) is 0 Å². The topological polar surface area (TPSA) is 3.24 Å². The molecule has 10 aromatic carbocycles. The molecule has 4 aliphatic carbocycles. The van der Waals surface area contributed by atoms with Crippen molar-refractivity contribution < 1.29 is 0 Å². The summed E-state index contributed by atoms with van der Waals surface area (Å²) in [6.45, 7) is 4.76. The molecule has 15 rings (SSSR count). The lowest BCUT2D eigenvalue weighted by Gasteiger charge is -2.30. The Labute approximate surface area is 425 Å². The summed E-state index contributed by atoms with van der Waals surface area (Å²) < 4.78 is 1.36. The predicted octanol–water partition coefficient (Wildman–Crippen LogP) is 19.0. The van der Waals surface area contributed by atoms with E-state index >= 15 is 0 Å². The molecule has 0 fully saturated rings. The summed E-state index contributed by atoms with van der Waals surface area (Å²) in [6, 6.07) is 85.1. The van der Waals surface area contributed by atoms with E-state index in [2.05, 4.69) is 255 Å². The lowest BCUT2D eigenvalue weighted by Crippen LogP contribution is -2.25. The highest BCUT2D eigenvalue weighted by molar-refractivity contribution is 7.19. The lowest BCUT2D eigenvalue weighted by molar-refractivity contribution is 0.660. The maximum absolute atomic E-state index is 2.51. The third-order valence-electron chi connectivity index (χ3n) is 16.6. The van der Waals surface area contributed by atoms with Gasteiger partial charge in [0.2, 0.25) is 0 Å². The largest absolute Gasteiger partial charge is 0.310 e. The quantitative estimate of drug-likeness (QED) is 0.161. The van der Waals surface area contributed by atoms with Gasteiger partial charge in [-0.15, -0.1) is 11.3 Å². The molecular formula is C70H49NS. The van der Waals surface area contributed by atoms with Gasteiger partial charge in [0.25, 0.3) is 0 Å². The molecular weight excluding hydrogens is 887 g/mol. The van der Waals surface area contributed by atoms with Crippen LogP contribution in [-0.4, -0.2) is 0 Å². The van der Waals surface area contributed by atoms with Crippen LogP contribution in [0.4, 0.5) is 17.1 Å². The molecule has 0 radical (unpaired) electrons. The van der Waals surface area contributed by atoms with Crippen molar-refractivity contribution in [2.75, 3.05) is 4.90 Å². The van der Waals surface area contributed by atoms with Crippen LogP contribution in [0, 0.1) is 0 Å². The van der Waals surface area contributed by atoms with E-state index in [0.717, 1.165) is 29.9 Å². The smallest absolute Gasteiger partial charge is 0.0725 e. The van der Waals surface area contributed by atoms with E-state index < -0.39 is 5.41 Å². The number of fused-ring (bicyclic) bond motifs is 16. The molecule has 11 aromatic rings. The molecule has 0 saturated carbocycles. The summed E-state index contributed by atoms with van der Waals surface area (Å²) >= 11 is 1.96. The molecule has 1 spiro atoms. The molecule has 0 saturated heterocycles. The highest BCUT2D eigenvalue weighted by atomic mass is 32.1. The maximum Gasteiger partial charge on any atom is 0.0725 e. The molecule has 0 atom stereocenters. The van der Waals surface area contributed by atoms with Crippen LogP contribution in [0.15, 0.2) is 231 Å². The van der Waals surface area contributed by atoms with Crippen LogP contribution in [0.1, 0.15) is 64.1 Å². The molecule has 72 heavy (non-hydrogen) atoms. The van der Waals surface area contributed by atoms with Gasteiger partial charge in [-0.05, 0) is 173 Å². The van der Waals surface area contributed by atoms with E-state index in [1.807, 2.05) is 11.3 Å². The highest BCUT2D eigenvalue weighted by Crippen LogP contribution is 2.63. The fourth-order valence-electron chi connectivity index (χ4n) is 13.3. The summed E-state index contributed by atoms with van der Waals surface area (Å²) in [5.41, 5.74) is 27.6. The number of anilines is 3. The Hall–Kier alpha value is -8.30. The molecule has 0 bridgehead atoms. The van der Waals surface area contributed by atoms with Crippen molar-refractivity contribution >= 4 is 44.6 Å². The van der Waals surface area contributed by atoms with Gasteiger partial charge in [0.05, 0.1) is 5.41 Å². The zero-order valence-corrected chi connectivity index (χ0v) is 41.1. The van der Waals surface area contributed by atoms with E-state index in [9.17, 15) is 0 Å². The fraction of sp³-hybridized carbons (Fsp3) is 0.0857. The Morgan fingerprint density at radius 3 is 1.60 bits per heavy atom. The van der Waals surface area contributed by atoms with Gasteiger partial charge in [-0.2, -0.15) is 0 Å². The van der Waals surface area contributed by atoms with Crippen LogP contribution in [-0.2, 0) is 17.3 Å². The first-order valence-electron chi connectivity index (χ1n) is 25.5. The number of benzene rings is 10. The minimum absolute atomic E-state index is 0.146. The molecule has 1 aromatic heterocycles. The second kappa shape index (κ2) is 15.6. The first-order chi connectivity index (χ1) is 35.4. The van der Waals surface area contributed by atoms with Crippen LogP contribution >= 0.6 is 11.3 Å². The van der Waals surface area contributed by atoms with Gasteiger partial charge >= 0.3 is 0 Å². The minimum Gasteiger partial charge on any atom is -0.310 e. The van der Waals surface area contributed by atoms with E-state index in [1.54, 1.807) is 0 Å². The van der Waals surface area contributed by atoms with Gasteiger partial charge in [0, 0.05) is 37.4 Å². The van der Waals surface area contributed by atoms with Crippen molar-refractivity contribution in [2.24, 2.45) is 0 Å². The Kier molecular flexibility index (Phi) is 8.99. The van der Waals surface area contributed by atoms with Gasteiger partial charge in [-0.3, -0.25) is 0 Å². The standard InChI is InChI=1S/C70H49NS/c1-69(2)61-23-11-6-18-52(61)56-37-35-50(43-66(56)69)71(48-32-28-45(29-33-48)44-16-4-3-5-17-44)49-34-36-51(46-31-39-68-60(41-46)57-22-10-15-27-67(57)72-68)58(42-49)47-30-38-65-59(40-47)55-21-9-14-26-64(55)70(65)62-24-12-7-19-53(62)54-20-8-13-25-63(54)70/h3-14,16-26,28-43H,15,27H2,1-2H3. The van der Waals surface area contributed by atoms with Crippen molar-refractivity contribution in [2.45, 2.75) is 37.5 Å². The second-order valence-electron chi connectivity index (χ2n) is 20.6. The number of aryl methyl sites for hydroxylation is 1. The summed E-state index contributed by atoms with van der Waals surface area (Å²) in [7, 11) is 0. The lowest BCUT2D eigenvalue weighted by atomic mass is 9.70. The molecule has 340 valence electrons. The van der Waals surface area contributed by atoms with Crippen molar-refractivity contribution in [3.63, 3.8) is 0 Å². The van der Waals surface area contributed by atoms with Crippen molar-refractivity contribution in [1.82, 2.24) is 0 Å². The molecule has 2 heteroatoms. The fourth-order valence-corrected chi connectivity index (χ4v) is 14.4. The number of rotatable bonds is 6. The molecule has 0 N–H and O–H groups in total. The molecule has 4 aliphatic rings. The molecule has 1 heterocycles. The molecule has 0 amide bonds. The van der Waals surface area contributed by atoms with Crippen LogP contribution in [0.2, 0.25) is 0 Å².